The average molecular weight is 408 g/mol. The van der Waals surface area contributed by atoms with Gasteiger partial charge in [0.1, 0.15) is 5.82 Å². The molecule has 0 unspecified atom stereocenters. The van der Waals surface area contributed by atoms with E-state index in [9.17, 15) is 9.18 Å². The Hall–Kier alpha value is -1.52. The number of hydrogen-bond acceptors (Lipinski definition) is 1. The Bertz CT molecular complexity index is 859. The van der Waals surface area contributed by atoms with Crippen LogP contribution in [-0.4, -0.2) is 5.78 Å². The average Bonchev–Trinajstić information content (AvgIpc) is 2.47. The van der Waals surface area contributed by atoms with E-state index in [1.165, 1.54) is 18.2 Å². The zero-order valence-corrected chi connectivity index (χ0v) is 13.9. The number of halogens is 3. The number of rotatable bonds is 2. The van der Waals surface area contributed by atoms with Crippen molar-refractivity contribution in [1.82, 2.24) is 0 Å². The summed E-state index contributed by atoms with van der Waals surface area (Å²) in [7, 11) is 0. The number of fused-ring (bicyclic) bond motifs is 1. The number of carbonyl (C=O) groups excluding carboxylic acids is 1. The lowest BCUT2D eigenvalue weighted by Gasteiger charge is -2.09. The Kier molecular flexibility index (Phi) is 3.91. The fraction of sp³-hybridized carbons (Fsp3) is 0. The van der Waals surface area contributed by atoms with Crippen LogP contribution >= 0.6 is 31.9 Å². The molecule has 3 aromatic carbocycles. The molecule has 3 rings (SSSR count). The van der Waals surface area contributed by atoms with Gasteiger partial charge in [-0.2, -0.15) is 0 Å². The highest BCUT2D eigenvalue weighted by Gasteiger charge is 2.16. The third-order valence-electron chi connectivity index (χ3n) is 3.29. The van der Waals surface area contributed by atoms with E-state index in [0.29, 0.717) is 15.6 Å². The van der Waals surface area contributed by atoms with Gasteiger partial charge in [-0.15, -0.1) is 0 Å². The molecule has 0 saturated heterocycles. The molecule has 0 aliphatic rings. The van der Waals surface area contributed by atoms with Crippen molar-refractivity contribution in [3.8, 4) is 0 Å². The first-order chi connectivity index (χ1) is 10.1. The summed E-state index contributed by atoms with van der Waals surface area (Å²) in [6.07, 6.45) is 0. The number of benzene rings is 3. The van der Waals surface area contributed by atoms with E-state index in [0.717, 1.165) is 15.2 Å². The summed E-state index contributed by atoms with van der Waals surface area (Å²) < 4.78 is 14.6. The summed E-state index contributed by atoms with van der Waals surface area (Å²) in [4.78, 5) is 12.7. The second-order valence-electron chi connectivity index (χ2n) is 4.59. The smallest absolute Gasteiger partial charge is 0.194 e. The zero-order chi connectivity index (χ0) is 15.0. The molecular formula is C17H9Br2FO. The normalized spacial score (nSPS) is 10.8. The molecule has 1 nitrogen and oxygen atoms in total. The largest absolute Gasteiger partial charge is 0.289 e. The van der Waals surface area contributed by atoms with E-state index < -0.39 is 0 Å². The number of hydrogen-bond donors (Lipinski definition) is 0. The Morgan fingerprint density at radius 3 is 2.19 bits per heavy atom. The van der Waals surface area contributed by atoms with Gasteiger partial charge >= 0.3 is 0 Å². The van der Waals surface area contributed by atoms with E-state index in [1.807, 2.05) is 30.3 Å². The first kappa shape index (κ1) is 14.4. The van der Waals surface area contributed by atoms with Crippen LogP contribution in [-0.2, 0) is 0 Å². The second kappa shape index (κ2) is 5.70. The third kappa shape index (κ3) is 2.65. The number of carbonyl (C=O) groups is 1. The van der Waals surface area contributed by atoms with E-state index in [4.69, 9.17) is 0 Å². The fourth-order valence-electron chi connectivity index (χ4n) is 2.28. The quantitative estimate of drug-likeness (QED) is 0.495. The highest BCUT2D eigenvalue weighted by atomic mass is 79.9. The van der Waals surface area contributed by atoms with E-state index in [-0.39, 0.29) is 11.6 Å². The van der Waals surface area contributed by atoms with Crippen molar-refractivity contribution in [3.63, 3.8) is 0 Å². The van der Waals surface area contributed by atoms with Gasteiger partial charge in [-0.05, 0) is 57.0 Å². The molecule has 104 valence electrons. The van der Waals surface area contributed by atoms with Gasteiger partial charge in [-0.1, -0.05) is 40.2 Å². The molecule has 0 atom stereocenters. The second-order valence-corrected chi connectivity index (χ2v) is 6.30. The van der Waals surface area contributed by atoms with Crippen LogP contribution in [0, 0.1) is 5.82 Å². The highest BCUT2D eigenvalue weighted by Crippen LogP contribution is 2.30. The molecule has 0 N–H and O–H groups in total. The maximum atomic E-state index is 13.2. The Morgan fingerprint density at radius 1 is 0.810 bits per heavy atom. The van der Waals surface area contributed by atoms with Gasteiger partial charge < -0.3 is 0 Å². The number of ketones is 1. The summed E-state index contributed by atoms with van der Waals surface area (Å²) >= 11 is 6.74. The minimum absolute atomic E-state index is 0.134. The Balaban J connectivity index is 2.21. The molecule has 0 amide bonds. The molecular weight excluding hydrogens is 399 g/mol. The van der Waals surface area contributed by atoms with Crippen LogP contribution in [0.15, 0.2) is 63.5 Å². The molecule has 3 aromatic rings. The molecule has 0 fully saturated rings. The predicted molar refractivity (Wildman–Crippen MR) is 89.2 cm³/mol. The van der Waals surface area contributed by atoms with Crippen molar-refractivity contribution >= 4 is 48.4 Å². The topological polar surface area (TPSA) is 17.1 Å². The van der Waals surface area contributed by atoms with Gasteiger partial charge in [0.25, 0.3) is 0 Å². The van der Waals surface area contributed by atoms with Crippen molar-refractivity contribution in [2.24, 2.45) is 0 Å². The van der Waals surface area contributed by atoms with Gasteiger partial charge in [0.05, 0.1) is 0 Å². The Labute approximate surface area is 138 Å². The molecule has 0 bridgehead atoms. The van der Waals surface area contributed by atoms with Crippen molar-refractivity contribution in [3.05, 3.63) is 80.5 Å². The lowest BCUT2D eigenvalue weighted by molar-refractivity contribution is 0.103. The molecule has 0 heterocycles. The van der Waals surface area contributed by atoms with Gasteiger partial charge in [-0.25, -0.2) is 4.39 Å². The zero-order valence-electron chi connectivity index (χ0n) is 10.7. The molecule has 0 spiro atoms. The van der Waals surface area contributed by atoms with Crippen LogP contribution in [0.1, 0.15) is 15.9 Å². The minimum Gasteiger partial charge on any atom is -0.289 e. The monoisotopic (exact) mass is 406 g/mol. The van der Waals surface area contributed by atoms with E-state index >= 15 is 0 Å². The fourth-order valence-corrected chi connectivity index (χ4v) is 3.29. The molecule has 0 aromatic heterocycles. The maximum Gasteiger partial charge on any atom is 0.194 e. The van der Waals surface area contributed by atoms with Crippen LogP contribution in [0.5, 0.6) is 0 Å². The molecule has 4 heteroatoms. The van der Waals surface area contributed by atoms with Gasteiger partial charge in [0, 0.05) is 20.1 Å². The molecule has 0 radical (unpaired) electrons. The molecule has 0 aliphatic heterocycles. The summed E-state index contributed by atoms with van der Waals surface area (Å²) in [6.45, 7) is 0. The van der Waals surface area contributed by atoms with Crippen molar-refractivity contribution in [2.45, 2.75) is 0 Å². The lowest BCUT2D eigenvalue weighted by atomic mass is 9.97. The van der Waals surface area contributed by atoms with Crippen molar-refractivity contribution < 1.29 is 9.18 Å². The van der Waals surface area contributed by atoms with Crippen molar-refractivity contribution in [1.29, 1.82) is 0 Å². The van der Waals surface area contributed by atoms with Gasteiger partial charge in [-0.3, -0.25) is 4.79 Å². The van der Waals surface area contributed by atoms with Crippen LogP contribution in [0.25, 0.3) is 10.8 Å². The molecule has 0 aliphatic carbocycles. The van der Waals surface area contributed by atoms with Crippen LogP contribution in [0.3, 0.4) is 0 Å². The minimum atomic E-state index is -0.376. The summed E-state index contributed by atoms with van der Waals surface area (Å²) in [5.41, 5.74) is 1.05. The third-order valence-corrected chi connectivity index (χ3v) is 4.64. The summed E-state index contributed by atoms with van der Waals surface area (Å²) in [5.74, 6) is -0.510. The van der Waals surface area contributed by atoms with Crippen LogP contribution in [0.4, 0.5) is 4.39 Å². The van der Waals surface area contributed by atoms with Crippen LogP contribution < -0.4 is 0 Å². The maximum absolute atomic E-state index is 13.2. The highest BCUT2D eigenvalue weighted by molar-refractivity contribution is 9.11. The van der Waals surface area contributed by atoms with Crippen molar-refractivity contribution in [2.75, 3.05) is 0 Å². The predicted octanol–water partition coefficient (Wildman–Crippen LogP) is 5.73. The SMILES string of the molecule is O=C(c1ccc(F)cc1Br)c1ccc(Br)c2ccccc12. The van der Waals surface area contributed by atoms with E-state index in [2.05, 4.69) is 31.9 Å². The first-order valence-corrected chi connectivity index (χ1v) is 7.83. The first-order valence-electron chi connectivity index (χ1n) is 6.25. The van der Waals surface area contributed by atoms with Gasteiger partial charge in [0.2, 0.25) is 0 Å². The Morgan fingerprint density at radius 2 is 1.48 bits per heavy atom. The summed E-state index contributed by atoms with van der Waals surface area (Å²) in [6, 6.07) is 15.4. The lowest BCUT2D eigenvalue weighted by Crippen LogP contribution is -2.03. The molecule has 0 saturated carbocycles. The molecule has 21 heavy (non-hydrogen) atoms. The van der Waals surface area contributed by atoms with E-state index in [1.54, 1.807) is 6.07 Å². The van der Waals surface area contributed by atoms with Gasteiger partial charge in [0.15, 0.2) is 5.78 Å². The standard InChI is InChI=1S/C17H9Br2FO/c18-15-8-7-13(11-3-1-2-4-12(11)15)17(21)14-6-5-10(20)9-16(14)19/h1-9H. The van der Waals surface area contributed by atoms with Crippen LogP contribution in [0.2, 0.25) is 0 Å². The summed E-state index contributed by atoms with van der Waals surface area (Å²) in [5, 5.41) is 1.84.